The molecule has 2 aromatic carbocycles. The summed E-state index contributed by atoms with van der Waals surface area (Å²) in [6, 6.07) is 15.2. The van der Waals surface area contributed by atoms with Crippen molar-refractivity contribution in [2.45, 2.75) is 37.6 Å². The maximum atomic E-state index is 12.4. The molecule has 1 amide bonds. The number of anilines is 2. The minimum Gasteiger partial charge on any atom is -0.345 e. The molecule has 1 aromatic heterocycles. The molecule has 0 bridgehead atoms. The molecule has 30 heavy (non-hydrogen) atoms. The summed E-state index contributed by atoms with van der Waals surface area (Å²) in [6.07, 6.45) is 0.481. The highest BCUT2D eigenvalue weighted by Crippen LogP contribution is 2.29. The van der Waals surface area contributed by atoms with E-state index in [1.807, 2.05) is 42.5 Å². The topological polar surface area (TPSA) is 84.0 Å². The molecule has 8 heteroatoms. The van der Waals surface area contributed by atoms with Crippen LogP contribution in [-0.4, -0.2) is 33.7 Å². The molecule has 6 nitrogen and oxygen atoms in total. The summed E-state index contributed by atoms with van der Waals surface area (Å²) in [6.45, 7) is 5.61. The Hall–Kier alpha value is -2.71. The minimum atomic E-state index is -0.531. The molecule has 2 N–H and O–H groups in total. The number of nitrogens with zero attached hydrogens (tertiary/aromatic N) is 2. The molecule has 1 unspecified atom stereocenters. The SMILES string of the molecule is CC(=O)C(Cc1ccccc1)NC(=O)CSc1nnc(Nc2cccc(C)c2C)s1. The van der Waals surface area contributed by atoms with Crippen molar-refractivity contribution in [3.05, 3.63) is 65.2 Å². The van der Waals surface area contributed by atoms with Crippen LogP contribution in [0.5, 0.6) is 0 Å². The second-order valence-electron chi connectivity index (χ2n) is 6.95. The van der Waals surface area contributed by atoms with Crippen LogP contribution in [0.1, 0.15) is 23.6 Å². The zero-order chi connectivity index (χ0) is 21.5. The van der Waals surface area contributed by atoms with Crippen molar-refractivity contribution in [1.82, 2.24) is 15.5 Å². The molecule has 3 rings (SSSR count). The predicted octanol–water partition coefficient (Wildman–Crippen LogP) is 4.31. The normalized spacial score (nSPS) is 11.7. The number of carbonyl (C=O) groups excluding carboxylic acids is 2. The zero-order valence-electron chi connectivity index (χ0n) is 17.1. The van der Waals surface area contributed by atoms with E-state index in [0.717, 1.165) is 16.8 Å². The van der Waals surface area contributed by atoms with Gasteiger partial charge in [0, 0.05) is 5.69 Å². The average Bonchev–Trinajstić information content (AvgIpc) is 3.17. The van der Waals surface area contributed by atoms with Crippen molar-refractivity contribution in [3.63, 3.8) is 0 Å². The molecule has 0 radical (unpaired) electrons. The molecule has 0 saturated carbocycles. The number of aryl methyl sites for hydroxylation is 1. The summed E-state index contributed by atoms with van der Waals surface area (Å²) < 4.78 is 0.695. The first-order valence-corrected chi connectivity index (χ1v) is 11.4. The smallest absolute Gasteiger partial charge is 0.231 e. The van der Waals surface area contributed by atoms with E-state index in [0.29, 0.717) is 15.9 Å². The van der Waals surface area contributed by atoms with Gasteiger partial charge in [0.15, 0.2) is 10.1 Å². The van der Waals surface area contributed by atoms with E-state index in [4.69, 9.17) is 0 Å². The molecule has 0 aliphatic heterocycles. The van der Waals surface area contributed by atoms with Crippen molar-refractivity contribution in [2.24, 2.45) is 0 Å². The van der Waals surface area contributed by atoms with Crippen molar-refractivity contribution in [3.8, 4) is 0 Å². The second-order valence-corrected chi connectivity index (χ2v) is 9.15. The highest BCUT2D eigenvalue weighted by Gasteiger charge is 2.18. The van der Waals surface area contributed by atoms with Gasteiger partial charge in [0.05, 0.1) is 11.8 Å². The lowest BCUT2D eigenvalue weighted by Gasteiger charge is -2.15. The monoisotopic (exact) mass is 440 g/mol. The molecule has 0 aliphatic carbocycles. The van der Waals surface area contributed by atoms with Gasteiger partial charge in [-0.05, 0) is 49.9 Å². The fourth-order valence-electron chi connectivity index (χ4n) is 2.83. The number of hydrogen-bond acceptors (Lipinski definition) is 7. The van der Waals surface area contributed by atoms with Gasteiger partial charge in [0.2, 0.25) is 11.0 Å². The lowest BCUT2D eigenvalue weighted by Crippen LogP contribution is -2.42. The maximum Gasteiger partial charge on any atom is 0.231 e. The number of rotatable bonds is 9. The van der Waals surface area contributed by atoms with Gasteiger partial charge in [-0.25, -0.2) is 0 Å². The molecule has 0 fully saturated rings. The number of Topliss-reactive ketones (excluding diaryl/α,β-unsaturated/α-hetero) is 1. The molecule has 3 aromatic rings. The van der Waals surface area contributed by atoms with E-state index in [2.05, 4.69) is 40.7 Å². The minimum absolute atomic E-state index is 0.0619. The molecule has 0 aliphatic rings. The van der Waals surface area contributed by atoms with Gasteiger partial charge in [-0.1, -0.05) is 65.6 Å². The first kappa shape index (κ1) is 22.0. The number of carbonyl (C=O) groups is 2. The Bertz CT molecular complexity index is 1020. The van der Waals surface area contributed by atoms with Crippen LogP contribution in [0.15, 0.2) is 52.9 Å². The Morgan fingerprint density at radius 3 is 2.57 bits per heavy atom. The molecule has 156 valence electrons. The van der Waals surface area contributed by atoms with Crippen LogP contribution in [0, 0.1) is 13.8 Å². The number of aromatic nitrogens is 2. The quantitative estimate of drug-likeness (QED) is 0.483. The van der Waals surface area contributed by atoms with Crippen LogP contribution in [0.3, 0.4) is 0 Å². The van der Waals surface area contributed by atoms with Gasteiger partial charge in [0.25, 0.3) is 0 Å². The van der Waals surface area contributed by atoms with Crippen molar-refractivity contribution < 1.29 is 9.59 Å². The Kier molecular flexibility index (Phi) is 7.59. The standard InChI is InChI=1S/C22H24N4O2S2/c1-14-8-7-11-18(15(14)2)24-21-25-26-22(30-21)29-13-20(28)23-19(16(3)27)12-17-9-5-4-6-10-17/h4-11,19H,12-13H2,1-3H3,(H,23,28)(H,24,25). The van der Waals surface area contributed by atoms with E-state index >= 15 is 0 Å². The largest absolute Gasteiger partial charge is 0.345 e. The summed E-state index contributed by atoms with van der Waals surface area (Å²) in [7, 11) is 0. The van der Waals surface area contributed by atoms with Gasteiger partial charge in [-0.3, -0.25) is 9.59 Å². The molecular weight excluding hydrogens is 416 g/mol. The maximum absolute atomic E-state index is 12.4. The van der Waals surface area contributed by atoms with E-state index in [1.165, 1.54) is 35.6 Å². The highest BCUT2D eigenvalue weighted by atomic mass is 32.2. The number of thioether (sulfide) groups is 1. The van der Waals surface area contributed by atoms with Crippen LogP contribution < -0.4 is 10.6 Å². The fourth-order valence-corrected chi connectivity index (χ4v) is 4.41. The van der Waals surface area contributed by atoms with E-state index < -0.39 is 6.04 Å². The average molecular weight is 441 g/mol. The van der Waals surface area contributed by atoms with Crippen LogP contribution in [0.25, 0.3) is 0 Å². The number of benzene rings is 2. The van der Waals surface area contributed by atoms with E-state index in [1.54, 1.807) is 0 Å². The van der Waals surface area contributed by atoms with Crippen molar-refractivity contribution in [1.29, 1.82) is 0 Å². The Balaban J connectivity index is 1.53. The molecule has 0 saturated heterocycles. The molecular formula is C22H24N4O2S2. The van der Waals surface area contributed by atoms with Gasteiger partial charge < -0.3 is 10.6 Å². The third kappa shape index (κ3) is 6.14. The molecule has 0 spiro atoms. The van der Waals surface area contributed by atoms with Gasteiger partial charge in [0.1, 0.15) is 0 Å². The summed E-state index contributed by atoms with van der Waals surface area (Å²) in [5.74, 6) is -0.0834. The Morgan fingerprint density at radius 2 is 1.83 bits per heavy atom. The van der Waals surface area contributed by atoms with E-state index in [9.17, 15) is 9.59 Å². The van der Waals surface area contributed by atoms with Gasteiger partial charge in [-0.15, -0.1) is 10.2 Å². The zero-order valence-corrected chi connectivity index (χ0v) is 18.8. The number of ketones is 1. The third-order valence-electron chi connectivity index (χ3n) is 4.69. The fraction of sp³-hybridized carbons (Fsp3) is 0.273. The summed E-state index contributed by atoms with van der Waals surface area (Å²) in [5.41, 5.74) is 4.36. The summed E-state index contributed by atoms with van der Waals surface area (Å²) >= 11 is 2.70. The highest BCUT2D eigenvalue weighted by molar-refractivity contribution is 8.01. The molecule has 1 heterocycles. The predicted molar refractivity (Wildman–Crippen MR) is 123 cm³/mol. The second kappa shape index (κ2) is 10.4. The van der Waals surface area contributed by atoms with Gasteiger partial charge >= 0.3 is 0 Å². The van der Waals surface area contributed by atoms with Crippen LogP contribution in [-0.2, 0) is 16.0 Å². The Morgan fingerprint density at radius 1 is 1.07 bits per heavy atom. The van der Waals surface area contributed by atoms with E-state index in [-0.39, 0.29) is 17.4 Å². The van der Waals surface area contributed by atoms with Crippen molar-refractivity contribution >= 4 is 45.6 Å². The van der Waals surface area contributed by atoms with Crippen LogP contribution in [0.2, 0.25) is 0 Å². The summed E-state index contributed by atoms with van der Waals surface area (Å²) in [5, 5.41) is 15.1. The van der Waals surface area contributed by atoms with Gasteiger partial charge in [-0.2, -0.15) is 0 Å². The number of nitrogens with one attached hydrogen (secondary N) is 2. The first-order chi connectivity index (χ1) is 14.4. The first-order valence-electron chi connectivity index (χ1n) is 9.55. The molecule has 1 atom stereocenters. The Labute approximate surface area is 184 Å². The van der Waals surface area contributed by atoms with Crippen LogP contribution in [0.4, 0.5) is 10.8 Å². The van der Waals surface area contributed by atoms with Crippen molar-refractivity contribution in [2.75, 3.05) is 11.1 Å². The van der Waals surface area contributed by atoms with Crippen LogP contribution >= 0.6 is 23.1 Å². The lowest BCUT2D eigenvalue weighted by atomic mass is 10.0. The third-order valence-corrected chi connectivity index (χ3v) is 6.66. The lowest BCUT2D eigenvalue weighted by molar-refractivity contribution is -0.125. The summed E-state index contributed by atoms with van der Waals surface area (Å²) in [4.78, 5) is 24.3. The number of hydrogen-bond donors (Lipinski definition) is 2. The number of amides is 1.